The van der Waals surface area contributed by atoms with E-state index in [-0.39, 0.29) is 11.9 Å². The minimum Gasteiger partial charge on any atom is -0.478 e. The highest BCUT2D eigenvalue weighted by molar-refractivity contribution is 5.94. The van der Waals surface area contributed by atoms with Crippen LogP contribution in [0.3, 0.4) is 0 Å². The van der Waals surface area contributed by atoms with Crippen molar-refractivity contribution in [2.45, 2.75) is 58.0 Å². The second-order valence-electron chi connectivity index (χ2n) is 6.91. The second-order valence-corrected chi connectivity index (χ2v) is 6.91. The zero-order valence-electron chi connectivity index (χ0n) is 15.2. The molecular formula is C19H25N5O2. The van der Waals surface area contributed by atoms with Gasteiger partial charge in [0.05, 0.1) is 18.2 Å². The van der Waals surface area contributed by atoms with Gasteiger partial charge >= 0.3 is 0 Å². The zero-order valence-corrected chi connectivity index (χ0v) is 15.2. The van der Waals surface area contributed by atoms with Gasteiger partial charge in [-0.15, -0.1) is 10.2 Å². The lowest BCUT2D eigenvalue weighted by molar-refractivity contribution is 0.0726. The lowest BCUT2D eigenvalue weighted by Crippen LogP contribution is -2.32. The van der Waals surface area contributed by atoms with Gasteiger partial charge in [-0.25, -0.2) is 4.98 Å². The Morgan fingerprint density at radius 3 is 2.92 bits per heavy atom. The van der Waals surface area contributed by atoms with Crippen LogP contribution in [0.15, 0.2) is 18.3 Å². The molecule has 0 radical (unpaired) electrons. The Morgan fingerprint density at radius 2 is 2.12 bits per heavy atom. The molecule has 2 aromatic rings. The van der Waals surface area contributed by atoms with Crippen molar-refractivity contribution in [1.82, 2.24) is 24.6 Å². The van der Waals surface area contributed by atoms with Gasteiger partial charge in [-0.3, -0.25) is 4.79 Å². The number of aryl methyl sites for hydroxylation is 1. The average Bonchev–Trinajstić information content (AvgIpc) is 3.23. The monoisotopic (exact) mass is 355 g/mol. The lowest BCUT2D eigenvalue weighted by atomic mass is 10.1. The van der Waals surface area contributed by atoms with E-state index in [2.05, 4.69) is 19.7 Å². The molecule has 0 N–H and O–H groups in total. The maximum absolute atomic E-state index is 13.0. The molecule has 0 saturated carbocycles. The Morgan fingerprint density at radius 1 is 1.19 bits per heavy atom. The number of carbonyl (C=O) groups is 1. The Labute approximate surface area is 153 Å². The molecule has 4 heterocycles. The molecular weight excluding hydrogens is 330 g/mol. The molecule has 1 unspecified atom stereocenters. The molecule has 0 bridgehead atoms. The Kier molecular flexibility index (Phi) is 4.86. The van der Waals surface area contributed by atoms with E-state index in [1.807, 2.05) is 11.8 Å². The predicted octanol–water partition coefficient (Wildman–Crippen LogP) is 2.78. The molecule has 0 spiro atoms. The standard InChI is InChI=1S/C19H25N5O2/c1-2-26-17-10-9-14(13-20-17)19(25)23-12-6-7-15(23)18-22-21-16-8-4-3-5-11-24(16)18/h9-10,13,15H,2-8,11-12H2,1H3. The van der Waals surface area contributed by atoms with Gasteiger partial charge in [0.25, 0.3) is 5.91 Å². The lowest BCUT2D eigenvalue weighted by Gasteiger charge is -2.24. The minimum absolute atomic E-state index is 0.00779. The van der Waals surface area contributed by atoms with Crippen molar-refractivity contribution >= 4 is 5.91 Å². The Bertz CT molecular complexity index is 771. The molecule has 1 saturated heterocycles. The van der Waals surface area contributed by atoms with Gasteiger partial charge in [0.1, 0.15) is 5.82 Å². The van der Waals surface area contributed by atoms with Gasteiger partial charge in [0.15, 0.2) is 5.82 Å². The summed E-state index contributed by atoms with van der Waals surface area (Å²) in [4.78, 5) is 19.2. The molecule has 4 rings (SSSR count). The van der Waals surface area contributed by atoms with Gasteiger partial charge in [0.2, 0.25) is 5.88 Å². The topological polar surface area (TPSA) is 73.1 Å². The van der Waals surface area contributed by atoms with Crippen molar-refractivity contribution in [2.75, 3.05) is 13.2 Å². The van der Waals surface area contributed by atoms with Crippen LogP contribution in [0, 0.1) is 0 Å². The Balaban J connectivity index is 1.57. The number of hydrogen-bond donors (Lipinski definition) is 0. The van der Waals surface area contributed by atoms with Crippen LogP contribution in [0.25, 0.3) is 0 Å². The first-order valence-corrected chi connectivity index (χ1v) is 9.59. The Hall–Kier alpha value is -2.44. The smallest absolute Gasteiger partial charge is 0.256 e. The summed E-state index contributed by atoms with van der Waals surface area (Å²) in [6.45, 7) is 4.18. The molecule has 2 aromatic heterocycles. The molecule has 2 aliphatic heterocycles. The maximum Gasteiger partial charge on any atom is 0.256 e. The van der Waals surface area contributed by atoms with Crippen molar-refractivity contribution in [3.8, 4) is 5.88 Å². The number of aromatic nitrogens is 4. The van der Waals surface area contributed by atoms with E-state index < -0.39 is 0 Å². The molecule has 0 aliphatic carbocycles. The van der Waals surface area contributed by atoms with Crippen LogP contribution in [0.2, 0.25) is 0 Å². The SMILES string of the molecule is CCOc1ccc(C(=O)N2CCCC2c2nnc3n2CCCCC3)cn1. The van der Waals surface area contributed by atoms with Gasteiger partial charge in [0, 0.05) is 31.8 Å². The first-order valence-electron chi connectivity index (χ1n) is 9.59. The summed E-state index contributed by atoms with van der Waals surface area (Å²) >= 11 is 0. The minimum atomic E-state index is 0.00779. The van der Waals surface area contributed by atoms with Crippen LogP contribution in [-0.4, -0.2) is 43.7 Å². The third-order valence-electron chi connectivity index (χ3n) is 5.23. The number of carbonyl (C=O) groups excluding carboxylic acids is 1. The number of likely N-dealkylation sites (tertiary alicyclic amines) is 1. The van der Waals surface area contributed by atoms with Crippen molar-refractivity contribution in [3.05, 3.63) is 35.5 Å². The highest BCUT2D eigenvalue weighted by Gasteiger charge is 2.35. The van der Waals surface area contributed by atoms with Gasteiger partial charge in [-0.2, -0.15) is 0 Å². The van der Waals surface area contributed by atoms with E-state index >= 15 is 0 Å². The quantitative estimate of drug-likeness (QED) is 0.843. The van der Waals surface area contributed by atoms with E-state index in [4.69, 9.17) is 4.74 Å². The van der Waals surface area contributed by atoms with Crippen molar-refractivity contribution < 1.29 is 9.53 Å². The fourth-order valence-corrected chi connectivity index (χ4v) is 3.94. The third kappa shape index (κ3) is 3.18. The highest BCUT2D eigenvalue weighted by Crippen LogP contribution is 2.33. The number of nitrogens with zero attached hydrogens (tertiary/aromatic N) is 5. The van der Waals surface area contributed by atoms with Crippen LogP contribution >= 0.6 is 0 Å². The molecule has 7 heteroatoms. The predicted molar refractivity (Wildman–Crippen MR) is 96.0 cm³/mol. The highest BCUT2D eigenvalue weighted by atomic mass is 16.5. The van der Waals surface area contributed by atoms with E-state index in [1.165, 1.54) is 12.8 Å². The summed E-state index contributed by atoms with van der Waals surface area (Å²) in [6.07, 6.45) is 8.07. The van der Waals surface area contributed by atoms with Crippen LogP contribution in [0.1, 0.15) is 67.1 Å². The second kappa shape index (κ2) is 7.43. The average molecular weight is 355 g/mol. The number of amides is 1. The molecule has 1 atom stereocenters. The van der Waals surface area contributed by atoms with Crippen LogP contribution in [0.4, 0.5) is 0 Å². The summed E-state index contributed by atoms with van der Waals surface area (Å²) in [7, 11) is 0. The zero-order chi connectivity index (χ0) is 17.9. The fourth-order valence-electron chi connectivity index (χ4n) is 3.94. The summed E-state index contributed by atoms with van der Waals surface area (Å²) in [5.41, 5.74) is 0.593. The van der Waals surface area contributed by atoms with Crippen molar-refractivity contribution in [3.63, 3.8) is 0 Å². The number of rotatable bonds is 4. The molecule has 2 aliphatic rings. The number of pyridine rings is 1. The third-order valence-corrected chi connectivity index (χ3v) is 5.23. The molecule has 7 nitrogen and oxygen atoms in total. The van der Waals surface area contributed by atoms with E-state index in [1.54, 1.807) is 18.3 Å². The van der Waals surface area contributed by atoms with Crippen LogP contribution in [0.5, 0.6) is 5.88 Å². The van der Waals surface area contributed by atoms with E-state index in [0.29, 0.717) is 18.1 Å². The normalized spacial score (nSPS) is 19.9. The number of hydrogen-bond acceptors (Lipinski definition) is 5. The molecule has 1 amide bonds. The van der Waals surface area contributed by atoms with E-state index in [9.17, 15) is 4.79 Å². The maximum atomic E-state index is 13.0. The van der Waals surface area contributed by atoms with Crippen molar-refractivity contribution in [1.29, 1.82) is 0 Å². The first-order chi connectivity index (χ1) is 12.8. The number of fused-ring (bicyclic) bond motifs is 1. The first kappa shape index (κ1) is 17.0. The van der Waals surface area contributed by atoms with Gasteiger partial charge in [-0.05, 0) is 38.7 Å². The van der Waals surface area contributed by atoms with E-state index in [0.717, 1.165) is 50.4 Å². The van der Waals surface area contributed by atoms with Crippen LogP contribution in [-0.2, 0) is 13.0 Å². The summed E-state index contributed by atoms with van der Waals surface area (Å²) in [6, 6.07) is 3.55. The van der Waals surface area contributed by atoms with Gasteiger partial charge < -0.3 is 14.2 Å². The number of ether oxygens (including phenoxy) is 1. The summed E-state index contributed by atoms with van der Waals surface area (Å²) < 4.78 is 7.61. The molecule has 26 heavy (non-hydrogen) atoms. The largest absolute Gasteiger partial charge is 0.478 e. The van der Waals surface area contributed by atoms with Gasteiger partial charge in [-0.1, -0.05) is 6.42 Å². The summed E-state index contributed by atoms with van der Waals surface area (Å²) in [5, 5.41) is 8.88. The molecule has 138 valence electrons. The molecule has 0 aromatic carbocycles. The summed E-state index contributed by atoms with van der Waals surface area (Å²) in [5.74, 6) is 2.57. The fraction of sp³-hybridized carbons (Fsp3) is 0.579. The van der Waals surface area contributed by atoms with Crippen molar-refractivity contribution in [2.24, 2.45) is 0 Å². The van der Waals surface area contributed by atoms with Crippen LogP contribution < -0.4 is 4.74 Å². The molecule has 1 fully saturated rings.